The number of benzene rings is 1. The van der Waals surface area contributed by atoms with Crippen molar-refractivity contribution in [3.8, 4) is 5.75 Å². The summed E-state index contributed by atoms with van der Waals surface area (Å²) in [6.07, 6.45) is 6.13. The molecule has 92 valence electrons. The fraction of sp³-hybridized carbons (Fsp3) is 0.375. The normalized spacial score (nSPS) is 9.88. The maximum atomic E-state index is 9.68. The Labute approximate surface area is 104 Å². The van der Waals surface area contributed by atoms with Crippen molar-refractivity contribution in [1.82, 2.24) is 0 Å². The Hall–Kier alpha value is -1.50. The lowest BCUT2D eigenvalue weighted by molar-refractivity contribution is 0.474. The van der Waals surface area contributed by atoms with Gasteiger partial charge < -0.3 is 5.11 Å². The van der Waals surface area contributed by atoms with Crippen LogP contribution in [0.15, 0.2) is 41.5 Å². The molecule has 0 aliphatic rings. The van der Waals surface area contributed by atoms with Crippen LogP contribution in [0.3, 0.4) is 0 Å². The SMILES string of the molecule is CC(C)=CCc1cc(O)cc(CC=C(C)C)c1. The Morgan fingerprint density at radius 3 is 1.65 bits per heavy atom. The molecule has 1 aromatic carbocycles. The molecule has 1 aromatic rings. The van der Waals surface area contributed by atoms with E-state index >= 15 is 0 Å². The minimum absolute atomic E-state index is 0.363. The molecule has 0 aromatic heterocycles. The van der Waals surface area contributed by atoms with Crippen LogP contribution >= 0.6 is 0 Å². The van der Waals surface area contributed by atoms with Crippen LogP contribution in [-0.2, 0) is 12.8 Å². The van der Waals surface area contributed by atoms with Gasteiger partial charge in [0.2, 0.25) is 0 Å². The Bertz CT molecular complexity index is 393. The van der Waals surface area contributed by atoms with Gasteiger partial charge in [0.05, 0.1) is 0 Å². The van der Waals surface area contributed by atoms with Gasteiger partial charge in [0.1, 0.15) is 5.75 Å². The summed E-state index contributed by atoms with van der Waals surface area (Å²) in [5.74, 6) is 0.363. The lowest BCUT2D eigenvalue weighted by Gasteiger charge is -2.04. The van der Waals surface area contributed by atoms with E-state index in [-0.39, 0.29) is 0 Å². The van der Waals surface area contributed by atoms with E-state index in [1.54, 1.807) is 0 Å². The second-order valence-corrected chi connectivity index (χ2v) is 4.98. The summed E-state index contributed by atoms with van der Waals surface area (Å²) in [6, 6.07) is 5.84. The summed E-state index contributed by atoms with van der Waals surface area (Å²) in [7, 11) is 0. The number of phenols is 1. The Balaban J connectivity index is 2.86. The number of aromatic hydroxyl groups is 1. The second kappa shape index (κ2) is 6.29. The molecule has 0 bridgehead atoms. The average Bonchev–Trinajstić information content (AvgIpc) is 2.23. The first kappa shape index (κ1) is 13.6. The summed E-state index contributed by atoms with van der Waals surface area (Å²) in [5.41, 5.74) is 4.95. The third kappa shape index (κ3) is 5.39. The molecule has 0 saturated heterocycles. The zero-order valence-corrected chi connectivity index (χ0v) is 11.2. The van der Waals surface area contributed by atoms with Crippen molar-refractivity contribution in [2.75, 3.05) is 0 Å². The van der Waals surface area contributed by atoms with Crippen LogP contribution in [0.1, 0.15) is 38.8 Å². The Kier molecular flexibility index (Phi) is 5.02. The molecule has 0 amide bonds. The van der Waals surface area contributed by atoms with Crippen LogP contribution in [0.25, 0.3) is 0 Å². The second-order valence-electron chi connectivity index (χ2n) is 4.98. The van der Waals surface area contributed by atoms with Gasteiger partial charge in [-0.1, -0.05) is 29.4 Å². The lowest BCUT2D eigenvalue weighted by Crippen LogP contribution is -1.88. The van der Waals surface area contributed by atoms with Crippen LogP contribution in [0.5, 0.6) is 5.75 Å². The van der Waals surface area contributed by atoms with Crippen molar-refractivity contribution in [3.05, 3.63) is 52.6 Å². The van der Waals surface area contributed by atoms with E-state index in [2.05, 4.69) is 45.9 Å². The first-order valence-corrected chi connectivity index (χ1v) is 6.06. The molecule has 0 spiro atoms. The van der Waals surface area contributed by atoms with Gasteiger partial charge in [-0.3, -0.25) is 0 Å². The summed E-state index contributed by atoms with van der Waals surface area (Å²) in [6.45, 7) is 8.36. The minimum Gasteiger partial charge on any atom is -0.508 e. The maximum Gasteiger partial charge on any atom is 0.116 e. The van der Waals surface area contributed by atoms with Gasteiger partial charge in [0.15, 0.2) is 0 Å². The third-order valence-electron chi connectivity index (χ3n) is 2.53. The number of allylic oxidation sites excluding steroid dienone is 4. The predicted octanol–water partition coefficient (Wildman–Crippen LogP) is 4.41. The molecular formula is C16H22O. The quantitative estimate of drug-likeness (QED) is 0.760. The third-order valence-corrected chi connectivity index (χ3v) is 2.53. The van der Waals surface area contributed by atoms with Crippen LogP contribution in [-0.4, -0.2) is 5.11 Å². The summed E-state index contributed by atoms with van der Waals surface area (Å²) < 4.78 is 0. The van der Waals surface area contributed by atoms with Crippen LogP contribution in [0.4, 0.5) is 0 Å². The molecule has 0 heterocycles. The predicted molar refractivity (Wildman–Crippen MR) is 74.4 cm³/mol. The molecule has 0 aliphatic heterocycles. The molecule has 0 unspecified atom stereocenters. The highest BCUT2D eigenvalue weighted by Crippen LogP contribution is 2.18. The summed E-state index contributed by atoms with van der Waals surface area (Å²) in [5, 5.41) is 9.68. The van der Waals surface area contributed by atoms with E-state index in [4.69, 9.17) is 0 Å². The molecular weight excluding hydrogens is 208 g/mol. The molecule has 0 radical (unpaired) electrons. The number of rotatable bonds is 4. The van der Waals surface area contributed by atoms with Crippen molar-refractivity contribution < 1.29 is 5.11 Å². The molecule has 0 aliphatic carbocycles. The van der Waals surface area contributed by atoms with Gasteiger partial charge in [-0.25, -0.2) is 0 Å². The van der Waals surface area contributed by atoms with Gasteiger partial charge in [0.25, 0.3) is 0 Å². The summed E-state index contributed by atoms with van der Waals surface area (Å²) in [4.78, 5) is 0. The Morgan fingerprint density at radius 1 is 0.882 bits per heavy atom. The van der Waals surface area contributed by atoms with Crippen LogP contribution in [0, 0.1) is 0 Å². The van der Waals surface area contributed by atoms with Crippen molar-refractivity contribution in [1.29, 1.82) is 0 Å². The van der Waals surface area contributed by atoms with Crippen LogP contribution < -0.4 is 0 Å². The zero-order valence-electron chi connectivity index (χ0n) is 11.2. The zero-order chi connectivity index (χ0) is 12.8. The highest BCUT2D eigenvalue weighted by Gasteiger charge is 1.98. The van der Waals surface area contributed by atoms with Gasteiger partial charge in [-0.2, -0.15) is 0 Å². The van der Waals surface area contributed by atoms with E-state index < -0.39 is 0 Å². The van der Waals surface area contributed by atoms with E-state index in [1.807, 2.05) is 12.1 Å². The average molecular weight is 230 g/mol. The fourth-order valence-electron chi connectivity index (χ4n) is 1.62. The molecule has 0 fully saturated rings. The van der Waals surface area contributed by atoms with Gasteiger partial charge in [-0.05, 0) is 63.8 Å². The first-order chi connectivity index (χ1) is 7.97. The fourth-order valence-corrected chi connectivity index (χ4v) is 1.62. The van der Waals surface area contributed by atoms with Crippen molar-refractivity contribution in [3.63, 3.8) is 0 Å². The van der Waals surface area contributed by atoms with Crippen molar-refractivity contribution >= 4 is 0 Å². The van der Waals surface area contributed by atoms with E-state index in [0.29, 0.717) is 5.75 Å². The first-order valence-electron chi connectivity index (χ1n) is 6.06. The molecule has 17 heavy (non-hydrogen) atoms. The molecule has 1 rings (SSSR count). The summed E-state index contributed by atoms with van der Waals surface area (Å²) >= 11 is 0. The maximum absolute atomic E-state index is 9.68. The van der Waals surface area contributed by atoms with Crippen molar-refractivity contribution in [2.24, 2.45) is 0 Å². The van der Waals surface area contributed by atoms with Crippen LogP contribution in [0.2, 0.25) is 0 Å². The topological polar surface area (TPSA) is 20.2 Å². The smallest absolute Gasteiger partial charge is 0.116 e. The number of hydrogen-bond acceptors (Lipinski definition) is 1. The van der Waals surface area contributed by atoms with Gasteiger partial charge >= 0.3 is 0 Å². The van der Waals surface area contributed by atoms with Crippen molar-refractivity contribution in [2.45, 2.75) is 40.5 Å². The molecule has 1 heteroatoms. The number of hydrogen-bond donors (Lipinski definition) is 1. The van der Waals surface area contributed by atoms with E-state index in [9.17, 15) is 5.11 Å². The van der Waals surface area contributed by atoms with Gasteiger partial charge in [-0.15, -0.1) is 0 Å². The molecule has 1 nitrogen and oxygen atoms in total. The van der Waals surface area contributed by atoms with E-state index in [1.165, 1.54) is 22.3 Å². The largest absolute Gasteiger partial charge is 0.508 e. The standard InChI is InChI=1S/C16H22O/c1-12(2)5-7-14-9-15(8-6-13(3)4)11-16(17)10-14/h5-6,9-11,17H,7-8H2,1-4H3. The van der Waals surface area contributed by atoms with Gasteiger partial charge in [0, 0.05) is 0 Å². The monoisotopic (exact) mass is 230 g/mol. The Morgan fingerprint density at radius 2 is 1.29 bits per heavy atom. The highest BCUT2D eigenvalue weighted by atomic mass is 16.3. The highest BCUT2D eigenvalue weighted by molar-refractivity contribution is 5.35. The number of phenolic OH excluding ortho intramolecular Hbond substituents is 1. The molecule has 0 atom stereocenters. The van der Waals surface area contributed by atoms with E-state index in [0.717, 1.165) is 12.8 Å². The minimum atomic E-state index is 0.363. The molecule has 1 N–H and O–H groups in total. The molecule has 0 saturated carbocycles. The lowest BCUT2D eigenvalue weighted by atomic mass is 10.0.